The Morgan fingerprint density at radius 1 is 1.20 bits per heavy atom. The second kappa shape index (κ2) is 9.08. The lowest BCUT2D eigenvalue weighted by atomic mass is 9.84. The van der Waals surface area contributed by atoms with Crippen LogP contribution in [0.2, 0.25) is 5.02 Å². The molecule has 2 heterocycles. The van der Waals surface area contributed by atoms with E-state index in [0.717, 1.165) is 54.5 Å². The third-order valence-electron chi connectivity index (χ3n) is 6.56. The first kappa shape index (κ1) is 21.3. The molecule has 1 aromatic carbocycles. The van der Waals surface area contributed by atoms with Gasteiger partial charge in [-0.3, -0.25) is 4.90 Å². The standard InChI is InChI=1S/C23H29ClN2O4/c1-14-15(2)30-22(25-14)17-5-9-19(10-6-17)26-12-21(23(27)28)29-13-20(26)11-16-3-7-18(24)8-4-16/h3-4,7-8,17,19-21H,5-6,9-13H2,1-2H3,(H,27,28). The highest BCUT2D eigenvalue weighted by Crippen LogP contribution is 2.36. The van der Waals surface area contributed by atoms with Gasteiger partial charge >= 0.3 is 5.97 Å². The lowest BCUT2D eigenvalue weighted by Gasteiger charge is -2.45. The van der Waals surface area contributed by atoms with Gasteiger partial charge in [0.2, 0.25) is 0 Å². The molecule has 1 aliphatic carbocycles. The zero-order valence-electron chi connectivity index (χ0n) is 17.5. The Kier molecular flexibility index (Phi) is 6.46. The topological polar surface area (TPSA) is 75.8 Å². The number of aromatic nitrogens is 1. The molecule has 6 nitrogen and oxygen atoms in total. The number of aliphatic carboxylic acids is 1. The molecule has 0 amide bonds. The highest BCUT2D eigenvalue weighted by atomic mass is 35.5. The Balaban J connectivity index is 1.45. The van der Waals surface area contributed by atoms with Crippen molar-refractivity contribution in [1.29, 1.82) is 0 Å². The quantitative estimate of drug-likeness (QED) is 0.756. The average molecular weight is 433 g/mol. The molecule has 4 rings (SSSR count). The molecule has 0 spiro atoms. The summed E-state index contributed by atoms with van der Waals surface area (Å²) >= 11 is 6.02. The molecule has 1 aliphatic heterocycles. The number of ether oxygens (including phenoxy) is 1. The van der Waals surface area contributed by atoms with Crippen molar-refractivity contribution in [3.63, 3.8) is 0 Å². The summed E-state index contributed by atoms with van der Waals surface area (Å²) in [7, 11) is 0. The molecule has 7 heteroatoms. The van der Waals surface area contributed by atoms with Crippen molar-refractivity contribution in [3.05, 3.63) is 52.2 Å². The van der Waals surface area contributed by atoms with Crippen LogP contribution in [0.5, 0.6) is 0 Å². The van der Waals surface area contributed by atoms with E-state index in [1.807, 2.05) is 38.1 Å². The first-order chi connectivity index (χ1) is 14.4. The Hall–Kier alpha value is -1.89. The van der Waals surface area contributed by atoms with Gasteiger partial charge in [-0.15, -0.1) is 0 Å². The highest BCUT2D eigenvalue weighted by molar-refractivity contribution is 6.30. The fourth-order valence-corrected chi connectivity index (χ4v) is 4.83. The van der Waals surface area contributed by atoms with Gasteiger partial charge in [-0.2, -0.15) is 0 Å². The number of benzene rings is 1. The summed E-state index contributed by atoms with van der Waals surface area (Å²) in [4.78, 5) is 18.5. The number of hydrogen-bond acceptors (Lipinski definition) is 5. The molecule has 2 aromatic rings. The van der Waals surface area contributed by atoms with Crippen molar-refractivity contribution in [2.24, 2.45) is 0 Å². The van der Waals surface area contributed by atoms with Gasteiger partial charge in [-0.25, -0.2) is 9.78 Å². The van der Waals surface area contributed by atoms with E-state index in [2.05, 4.69) is 9.88 Å². The number of rotatable bonds is 5. The van der Waals surface area contributed by atoms with E-state index in [4.69, 9.17) is 20.8 Å². The van der Waals surface area contributed by atoms with E-state index >= 15 is 0 Å². The van der Waals surface area contributed by atoms with Crippen LogP contribution in [0.3, 0.4) is 0 Å². The SMILES string of the molecule is Cc1nc(C2CCC(N3CC(C(=O)O)OCC3Cc3ccc(Cl)cc3)CC2)oc1C. The third kappa shape index (κ3) is 4.71. The molecule has 2 unspecified atom stereocenters. The minimum absolute atomic E-state index is 0.162. The summed E-state index contributed by atoms with van der Waals surface area (Å²) in [6, 6.07) is 8.38. The van der Waals surface area contributed by atoms with Crippen LogP contribution >= 0.6 is 11.6 Å². The fraction of sp³-hybridized carbons (Fsp3) is 0.565. The van der Waals surface area contributed by atoms with Crippen molar-refractivity contribution in [2.75, 3.05) is 13.2 Å². The molecule has 1 saturated heterocycles. The first-order valence-corrected chi connectivity index (χ1v) is 11.1. The summed E-state index contributed by atoms with van der Waals surface area (Å²) < 4.78 is 11.5. The molecule has 2 atom stereocenters. The van der Waals surface area contributed by atoms with Gasteiger partial charge in [-0.1, -0.05) is 23.7 Å². The second-order valence-corrected chi connectivity index (χ2v) is 8.98. The molecule has 162 valence electrons. The maximum atomic E-state index is 11.6. The molecule has 2 fully saturated rings. The largest absolute Gasteiger partial charge is 0.479 e. The van der Waals surface area contributed by atoms with Gasteiger partial charge in [0.1, 0.15) is 5.76 Å². The van der Waals surface area contributed by atoms with Gasteiger partial charge < -0.3 is 14.3 Å². The lowest BCUT2D eigenvalue weighted by Crippen LogP contribution is -2.57. The number of hydrogen-bond donors (Lipinski definition) is 1. The van der Waals surface area contributed by atoms with E-state index in [1.165, 1.54) is 5.56 Å². The van der Waals surface area contributed by atoms with Gasteiger partial charge in [0.15, 0.2) is 12.0 Å². The summed E-state index contributed by atoms with van der Waals surface area (Å²) in [6.45, 7) is 4.80. The Labute approximate surface area is 182 Å². The Bertz CT molecular complexity index is 854. The van der Waals surface area contributed by atoms with Crippen molar-refractivity contribution in [3.8, 4) is 0 Å². The predicted molar refractivity (Wildman–Crippen MR) is 114 cm³/mol. The highest BCUT2D eigenvalue weighted by Gasteiger charge is 2.38. The van der Waals surface area contributed by atoms with Crippen LogP contribution in [-0.2, 0) is 16.0 Å². The van der Waals surface area contributed by atoms with Crippen LogP contribution in [-0.4, -0.2) is 52.3 Å². The molecular weight excluding hydrogens is 404 g/mol. The van der Waals surface area contributed by atoms with Gasteiger partial charge in [0.25, 0.3) is 0 Å². The van der Waals surface area contributed by atoms with E-state index in [-0.39, 0.29) is 6.04 Å². The Morgan fingerprint density at radius 3 is 2.50 bits per heavy atom. The summed E-state index contributed by atoms with van der Waals surface area (Å²) in [5.41, 5.74) is 2.15. The molecule has 30 heavy (non-hydrogen) atoms. The van der Waals surface area contributed by atoms with Crippen molar-refractivity contribution in [1.82, 2.24) is 9.88 Å². The molecular formula is C23H29ClN2O4. The van der Waals surface area contributed by atoms with E-state index in [1.54, 1.807) is 0 Å². The molecule has 0 bridgehead atoms. The number of carbonyl (C=O) groups is 1. The van der Waals surface area contributed by atoms with Gasteiger partial charge in [-0.05, 0) is 63.6 Å². The lowest BCUT2D eigenvalue weighted by molar-refractivity contribution is -0.162. The van der Waals surface area contributed by atoms with Crippen LogP contribution in [0.25, 0.3) is 0 Å². The maximum absolute atomic E-state index is 11.6. The number of oxazole rings is 1. The zero-order valence-corrected chi connectivity index (χ0v) is 18.3. The zero-order chi connectivity index (χ0) is 21.3. The van der Waals surface area contributed by atoms with Crippen molar-refractivity contribution >= 4 is 17.6 Å². The van der Waals surface area contributed by atoms with Crippen LogP contribution in [0.4, 0.5) is 0 Å². The number of carboxylic acid groups (broad SMARTS) is 1. The minimum Gasteiger partial charge on any atom is -0.479 e. The second-order valence-electron chi connectivity index (χ2n) is 8.54. The number of carboxylic acids is 1. The van der Waals surface area contributed by atoms with Gasteiger partial charge in [0, 0.05) is 29.6 Å². The third-order valence-corrected chi connectivity index (χ3v) is 6.81. The van der Waals surface area contributed by atoms with Crippen molar-refractivity contribution in [2.45, 2.75) is 70.1 Å². The van der Waals surface area contributed by atoms with E-state index in [9.17, 15) is 9.90 Å². The molecule has 1 aromatic heterocycles. The first-order valence-electron chi connectivity index (χ1n) is 10.7. The summed E-state index contributed by atoms with van der Waals surface area (Å²) in [5.74, 6) is 1.21. The summed E-state index contributed by atoms with van der Waals surface area (Å²) in [5, 5.41) is 10.2. The number of morpholine rings is 1. The fourth-order valence-electron chi connectivity index (χ4n) is 4.71. The molecule has 2 aliphatic rings. The number of aryl methyl sites for hydroxylation is 2. The van der Waals surface area contributed by atoms with E-state index < -0.39 is 12.1 Å². The monoisotopic (exact) mass is 432 g/mol. The van der Waals surface area contributed by atoms with E-state index in [0.29, 0.717) is 25.1 Å². The average Bonchev–Trinajstić information content (AvgIpc) is 3.08. The number of halogens is 1. The van der Waals surface area contributed by atoms with Crippen LogP contribution in [0, 0.1) is 13.8 Å². The summed E-state index contributed by atoms with van der Waals surface area (Å²) in [6.07, 6.45) is 4.09. The number of nitrogens with zero attached hydrogens (tertiary/aromatic N) is 2. The maximum Gasteiger partial charge on any atom is 0.334 e. The molecule has 1 saturated carbocycles. The van der Waals surface area contributed by atoms with Gasteiger partial charge in [0.05, 0.1) is 12.3 Å². The molecule has 0 radical (unpaired) electrons. The molecule has 1 N–H and O–H groups in total. The van der Waals surface area contributed by atoms with Crippen LogP contribution in [0.15, 0.2) is 28.7 Å². The predicted octanol–water partition coefficient (Wildman–Crippen LogP) is 4.37. The smallest absolute Gasteiger partial charge is 0.334 e. The van der Waals surface area contributed by atoms with Crippen LogP contribution in [0.1, 0.15) is 54.5 Å². The van der Waals surface area contributed by atoms with Crippen molar-refractivity contribution < 1.29 is 19.1 Å². The Morgan fingerprint density at radius 2 is 1.90 bits per heavy atom. The normalized spacial score (nSPS) is 27.8. The van der Waals surface area contributed by atoms with Crippen LogP contribution < -0.4 is 0 Å². The minimum atomic E-state index is -0.885.